The molecule has 1 N–H and O–H groups in total. The van der Waals surface area contributed by atoms with E-state index in [1.54, 1.807) is 4.90 Å². The molecule has 3 rings (SSSR count). The average molecular weight is 584 g/mol. The first-order valence-corrected chi connectivity index (χ1v) is 13.0. The number of carbonyl (C=O) groups is 2. The van der Waals surface area contributed by atoms with Crippen LogP contribution in [0.25, 0.3) is 0 Å². The molecule has 0 aliphatic carbocycles. The number of halogens is 1. The Kier molecular flexibility index (Phi) is 10.1. The van der Waals surface area contributed by atoms with Crippen molar-refractivity contribution in [2.45, 2.75) is 52.2 Å². The highest BCUT2D eigenvalue weighted by Gasteiger charge is 2.31. The first kappa shape index (κ1) is 26.7. The van der Waals surface area contributed by atoms with E-state index in [-0.39, 0.29) is 24.5 Å². The van der Waals surface area contributed by atoms with Crippen LogP contribution in [0.2, 0.25) is 0 Å². The van der Waals surface area contributed by atoms with Gasteiger partial charge in [0.1, 0.15) is 11.8 Å². The van der Waals surface area contributed by atoms with Crippen molar-refractivity contribution in [2.24, 2.45) is 0 Å². The molecule has 184 valence electrons. The van der Waals surface area contributed by atoms with Crippen molar-refractivity contribution in [3.8, 4) is 5.75 Å². The second-order valence-electron chi connectivity index (χ2n) is 8.71. The second-order valence-corrected chi connectivity index (χ2v) is 9.96. The zero-order valence-corrected chi connectivity index (χ0v) is 22.7. The lowest BCUT2D eigenvalue weighted by atomic mass is 10.0. The number of rotatable bonds is 11. The Morgan fingerprint density at radius 3 is 2.29 bits per heavy atom. The van der Waals surface area contributed by atoms with E-state index in [1.807, 2.05) is 99.6 Å². The van der Waals surface area contributed by atoms with Crippen molar-refractivity contribution < 1.29 is 14.3 Å². The Labute approximate surface area is 222 Å². The molecule has 0 unspecified atom stereocenters. The highest BCUT2D eigenvalue weighted by Crippen LogP contribution is 2.19. The van der Waals surface area contributed by atoms with Gasteiger partial charge >= 0.3 is 0 Å². The van der Waals surface area contributed by atoms with E-state index in [1.165, 1.54) is 0 Å². The van der Waals surface area contributed by atoms with E-state index in [0.29, 0.717) is 18.7 Å². The number of hydrogen-bond acceptors (Lipinski definition) is 3. The minimum Gasteiger partial charge on any atom is -0.484 e. The number of benzene rings is 3. The van der Waals surface area contributed by atoms with Gasteiger partial charge in [0.2, 0.25) is 5.91 Å². The van der Waals surface area contributed by atoms with Gasteiger partial charge in [0.25, 0.3) is 5.91 Å². The molecule has 0 bridgehead atoms. The number of nitrogens with one attached hydrogen (secondary N) is 1. The van der Waals surface area contributed by atoms with Gasteiger partial charge in [-0.15, -0.1) is 0 Å². The van der Waals surface area contributed by atoms with Gasteiger partial charge in [-0.05, 0) is 83.8 Å². The molecule has 0 heterocycles. The highest BCUT2D eigenvalue weighted by atomic mass is 127. The Balaban J connectivity index is 1.91. The van der Waals surface area contributed by atoms with Gasteiger partial charge in [-0.3, -0.25) is 9.59 Å². The summed E-state index contributed by atoms with van der Waals surface area (Å²) in [5, 5.41) is 3.09. The Bertz CT molecular complexity index is 1100. The molecule has 0 aliphatic heterocycles. The fraction of sp³-hybridized carbons (Fsp3) is 0.310. The van der Waals surface area contributed by atoms with Crippen molar-refractivity contribution in [1.82, 2.24) is 10.2 Å². The minimum absolute atomic E-state index is 0.0132. The second kappa shape index (κ2) is 13.3. The van der Waals surface area contributed by atoms with E-state index in [2.05, 4.69) is 27.9 Å². The third-order valence-corrected chi connectivity index (χ3v) is 6.77. The van der Waals surface area contributed by atoms with Crippen LogP contribution < -0.4 is 10.1 Å². The molecule has 0 saturated heterocycles. The molecule has 2 amide bonds. The number of nitrogens with zero attached hydrogens (tertiary/aromatic N) is 1. The van der Waals surface area contributed by atoms with Gasteiger partial charge in [0, 0.05) is 22.6 Å². The van der Waals surface area contributed by atoms with Gasteiger partial charge in [-0.2, -0.15) is 0 Å². The van der Waals surface area contributed by atoms with Crippen LogP contribution in [0.4, 0.5) is 0 Å². The molecule has 6 heteroatoms. The molecule has 0 saturated carbocycles. The number of carbonyl (C=O) groups excluding carboxylic acids is 2. The van der Waals surface area contributed by atoms with Crippen LogP contribution in [0.1, 0.15) is 37.0 Å². The summed E-state index contributed by atoms with van der Waals surface area (Å²) in [6.07, 6.45) is 1.23. The third kappa shape index (κ3) is 8.09. The molecule has 0 aliphatic rings. The lowest BCUT2D eigenvalue weighted by molar-refractivity contribution is -0.143. The molecule has 5 nitrogen and oxygen atoms in total. The molecular weight excluding hydrogens is 551 g/mol. The van der Waals surface area contributed by atoms with Gasteiger partial charge in [0.05, 0.1) is 0 Å². The lowest BCUT2D eigenvalue weighted by Gasteiger charge is -2.32. The van der Waals surface area contributed by atoms with Crippen LogP contribution in [-0.4, -0.2) is 35.4 Å². The lowest BCUT2D eigenvalue weighted by Crippen LogP contribution is -2.53. The SMILES string of the molecule is CC[C@H](C)NC(=O)[C@H](Cc1ccccc1)N(Cc1ccccc1C)C(=O)COc1ccc(I)cc1. The molecule has 3 aromatic carbocycles. The number of ether oxygens (including phenoxy) is 1. The standard InChI is InChI=1S/C29H33IN2O3/c1-4-22(3)31-29(34)27(18-23-11-6-5-7-12-23)32(19-24-13-9-8-10-21(24)2)28(33)20-35-26-16-14-25(30)15-17-26/h5-17,22,27H,4,18-20H2,1-3H3,(H,31,34)/t22-,27-/m0/s1. The summed E-state index contributed by atoms with van der Waals surface area (Å²) in [4.78, 5) is 28.8. The number of aryl methyl sites for hydroxylation is 1. The summed E-state index contributed by atoms with van der Waals surface area (Å²) in [7, 11) is 0. The van der Waals surface area contributed by atoms with Crippen molar-refractivity contribution in [2.75, 3.05) is 6.61 Å². The summed E-state index contributed by atoms with van der Waals surface area (Å²) in [5.41, 5.74) is 3.08. The van der Waals surface area contributed by atoms with E-state index in [9.17, 15) is 9.59 Å². The van der Waals surface area contributed by atoms with Crippen molar-refractivity contribution in [3.05, 3.63) is 99.1 Å². The van der Waals surface area contributed by atoms with Gasteiger partial charge in [0.15, 0.2) is 6.61 Å². The maximum Gasteiger partial charge on any atom is 0.261 e. The first-order chi connectivity index (χ1) is 16.9. The molecule has 0 radical (unpaired) electrons. The van der Waals surface area contributed by atoms with Crippen LogP contribution in [0.15, 0.2) is 78.9 Å². The minimum atomic E-state index is -0.668. The van der Waals surface area contributed by atoms with E-state index in [0.717, 1.165) is 26.7 Å². The van der Waals surface area contributed by atoms with Crippen LogP contribution in [0.3, 0.4) is 0 Å². The average Bonchev–Trinajstić information content (AvgIpc) is 2.87. The molecule has 0 spiro atoms. The monoisotopic (exact) mass is 584 g/mol. The van der Waals surface area contributed by atoms with Crippen LogP contribution in [0, 0.1) is 10.5 Å². The zero-order chi connectivity index (χ0) is 25.2. The summed E-state index contributed by atoms with van der Waals surface area (Å²) in [5.74, 6) is 0.240. The molecule has 2 atom stereocenters. The molecule has 0 aromatic heterocycles. The Morgan fingerprint density at radius 1 is 0.971 bits per heavy atom. The Morgan fingerprint density at radius 2 is 1.63 bits per heavy atom. The number of amides is 2. The summed E-state index contributed by atoms with van der Waals surface area (Å²) in [6.45, 7) is 6.21. The summed E-state index contributed by atoms with van der Waals surface area (Å²) in [6, 6.07) is 24.7. The highest BCUT2D eigenvalue weighted by molar-refractivity contribution is 14.1. The predicted octanol–water partition coefficient (Wildman–Crippen LogP) is 5.53. The van der Waals surface area contributed by atoms with Gasteiger partial charge in [-0.25, -0.2) is 0 Å². The normalized spacial score (nSPS) is 12.5. The summed E-state index contributed by atoms with van der Waals surface area (Å²) < 4.78 is 6.92. The largest absolute Gasteiger partial charge is 0.484 e. The molecular formula is C29H33IN2O3. The smallest absolute Gasteiger partial charge is 0.261 e. The maximum atomic E-state index is 13.6. The zero-order valence-electron chi connectivity index (χ0n) is 20.5. The van der Waals surface area contributed by atoms with E-state index in [4.69, 9.17) is 4.74 Å². The molecule has 35 heavy (non-hydrogen) atoms. The van der Waals surface area contributed by atoms with Gasteiger partial charge < -0.3 is 15.0 Å². The molecule has 3 aromatic rings. The van der Waals surface area contributed by atoms with Crippen molar-refractivity contribution in [3.63, 3.8) is 0 Å². The fourth-order valence-electron chi connectivity index (χ4n) is 3.72. The fourth-order valence-corrected chi connectivity index (χ4v) is 4.08. The summed E-state index contributed by atoms with van der Waals surface area (Å²) >= 11 is 2.23. The topological polar surface area (TPSA) is 58.6 Å². The Hall–Kier alpha value is -2.87. The van der Waals surface area contributed by atoms with Crippen molar-refractivity contribution >= 4 is 34.4 Å². The quantitative estimate of drug-likeness (QED) is 0.302. The van der Waals surface area contributed by atoms with Crippen molar-refractivity contribution in [1.29, 1.82) is 0 Å². The molecule has 0 fully saturated rings. The third-order valence-electron chi connectivity index (χ3n) is 6.05. The predicted molar refractivity (Wildman–Crippen MR) is 148 cm³/mol. The maximum absolute atomic E-state index is 13.6. The van der Waals surface area contributed by atoms with Crippen LogP contribution >= 0.6 is 22.6 Å². The van der Waals surface area contributed by atoms with Crippen LogP contribution in [0.5, 0.6) is 5.75 Å². The number of hydrogen-bond donors (Lipinski definition) is 1. The van der Waals surface area contributed by atoms with E-state index < -0.39 is 6.04 Å². The van der Waals surface area contributed by atoms with Crippen LogP contribution in [-0.2, 0) is 22.6 Å². The van der Waals surface area contributed by atoms with E-state index >= 15 is 0 Å². The first-order valence-electron chi connectivity index (χ1n) is 11.9. The van der Waals surface area contributed by atoms with Gasteiger partial charge in [-0.1, -0.05) is 61.5 Å².